The lowest BCUT2D eigenvalue weighted by atomic mass is 10.3. The molecular formula is C21H19BrN2O5S. The number of carbonyl (C=O) groups excluding carboxylic acids is 1. The smallest absolute Gasteiger partial charge is 0.262 e. The minimum absolute atomic E-state index is 0.0814. The number of carbonyl (C=O) groups is 1. The molecule has 0 spiro atoms. The molecule has 1 amide bonds. The molecule has 0 saturated heterocycles. The molecule has 9 heteroatoms. The largest absolute Gasteiger partial charge is 0.497 e. The first kappa shape index (κ1) is 21.7. The van der Waals surface area contributed by atoms with Crippen molar-refractivity contribution < 1.29 is 22.7 Å². The Morgan fingerprint density at radius 3 is 2.03 bits per heavy atom. The van der Waals surface area contributed by atoms with Crippen LogP contribution in [0.4, 0.5) is 11.4 Å². The summed E-state index contributed by atoms with van der Waals surface area (Å²) in [4.78, 5) is 12.1. The maximum absolute atomic E-state index is 12.5. The fourth-order valence-corrected chi connectivity index (χ4v) is 3.79. The topological polar surface area (TPSA) is 93.7 Å². The van der Waals surface area contributed by atoms with Gasteiger partial charge in [0.15, 0.2) is 6.61 Å². The molecule has 0 aliphatic heterocycles. The third-order valence-corrected chi connectivity index (χ3v) is 5.90. The number of benzene rings is 3. The van der Waals surface area contributed by atoms with Crippen LogP contribution in [0.25, 0.3) is 0 Å². The minimum Gasteiger partial charge on any atom is -0.497 e. The summed E-state index contributed by atoms with van der Waals surface area (Å²) < 4.78 is 38.8. The fraction of sp³-hybridized carbons (Fsp3) is 0.0952. The van der Waals surface area contributed by atoms with Crippen molar-refractivity contribution in [2.45, 2.75) is 4.90 Å². The number of nitrogens with one attached hydrogen (secondary N) is 2. The van der Waals surface area contributed by atoms with E-state index in [1.165, 1.54) is 24.3 Å². The molecule has 0 bridgehead atoms. The maximum Gasteiger partial charge on any atom is 0.262 e. The lowest BCUT2D eigenvalue weighted by Crippen LogP contribution is -2.20. The molecule has 0 aliphatic carbocycles. The van der Waals surface area contributed by atoms with Gasteiger partial charge < -0.3 is 14.8 Å². The van der Waals surface area contributed by atoms with Crippen molar-refractivity contribution in [3.05, 3.63) is 77.3 Å². The van der Waals surface area contributed by atoms with Crippen molar-refractivity contribution in [1.82, 2.24) is 0 Å². The summed E-state index contributed by atoms with van der Waals surface area (Å²) in [5.41, 5.74) is 0.909. The molecule has 0 heterocycles. The standard InChI is InChI=1S/C21H19BrN2O5S/c1-28-18-8-10-19(11-9-18)29-14-21(25)23-16-6-12-20(13-7-16)30(26,27)24-17-4-2-15(22)3-5-17/h2-13,24H,14H2,1H3,(H,23,25). The second kappa shape index (κ2) is 9.64. The number of halogens is 1. The van der Waals surface area contributed by atoms with E-state index < -0.39 is 10.0 Å². The highest BCUT2D eigenvalue weighted by molar-refractivity contribution is 9.10. The van der Waals surface area contributed by atoms with E-state index in [1.807, 2.05) is 0 Å². The molecule has 0 saturated carbocycles. The Balaban J connectivity index is 1.56. The third kappa shape index (κ3) is 5.98. The molecule has 0 unspecified atom stereocenters. The van der Waals surface area contributed by atoms with Gasteiger partial charge in [0, 0.05) is 15.8 Å². The number of rotatable bonds is 8. The molecule has 156 valence electrons. The number of anilines is 2. The van der Waals surface area contributed by atoms with Crippen molar-refractivity contribution >= 4 is 43.2 Å². The summed E-state index contributed by atoms with van der Waals surface area (Å²) in [5.74, 6) is 0.859. The zero-order valence-corrected chi connectivity index (χ0v) is 18.4. The number of methoxy groups -OCH3 is 1. The van der Waals surface area contributed by atoms with E-state index in [9.17, 15) is 13.2 Å². The highest BCUT2D eigenvalue weighted by Gasteiger charge is 2.14. The summed E-state index contributed by atoms with van der Waals surface area (Å²) in [6.45, 7) is -0.183. The first-order valence-corrected chi connectivity index (χ1v) is 11.1. The Kier molecular flexibility index (Phi) is 6.96. The molecule has 3 rings (SSSR count). The van der Waals surface area contributed by atoms with Gasteiger partial charge in [0.25, 0.3) is 15.9 Å². The number of hydrogen-bond donors (Lipinski definition) is 2. The van der Waals surface area contributed by atoms with Crippen LogP contribution in [0.5, 0.6) is 11.5 Å². The van der Waals surface area contributed by atoms with Crippen LogP contribution in [0.1, 0.15) is 0 Å². The van der Waals surface area contributed by atoms with Gasteiger partial charge in [0.2, 0.25) is 0 Å². The van der Waals surface area contributed by atoms with Gasteiger partial charge in [-0.25, -0.2) is 8.42 Å². The van der Waals surface area contributed by atoms with Crippen LogP contribution in [-0.2, 0) is 14.8 Å². The van der Waals surface area contributed by atoms with Crippen LogP contribution in [0, 0.1) is 0 Å². The third-order valence-electron chi connectivity index (χ3n) is 3.97. The molecule has 0 radical (unpaired) electrons. The van der Waals surface area contributed by atoms with Gasteiger partial charge in [-0.3, -0.25) is 9.52 Å². The monoisotopic (exact) mass is 490 g/mol. The van der Waals surface area contributed by atoms with Crippen LogP contribution in [0.3, 0.4) is 0 Å². The molecule has 2 N–H and O–H groups in total. The van der Waals surface area contributed by atoms with Crippen molar-refractivity contribution in [3.8, 4) is 11.5 Å². The van der Waals surface area contributed by atoms with Crippen LogP contribution in [0.15, 0.2) is 82.2 Å². The average molecular weight is 491 g/mol. The van der Waals surface area contributed by atoms with Gasteiger partial charge in [0.1, 0.15) is 11.5 Å². The average Bonchev–Trinajstić information content (AvgIpc) is 2.74. The molecule has 7 nitrogen and oxygen atoms in total. The molecule has 0 atom stereocenters. The first-order chi connectivity index (χ1) is 14.4. The summed E-state index contributed by atoms with van der Waals surface area (Å²) in [6, 6.07) is 19.5. The van der Waals surface area contributed by atoms with E-state index >= 15 is 0 Å². The number of sulfonamides is 1. The molecule has 0 fully saturated rings. The van der Waals surface area contributed by atoms with Gasteiger partial charge in [-0.05, 0) is 72.8 Å². The zero-order chi connectivity index (χ0) is 21.6. The number of ether oxygens (including phenoxy) is 2. The van der Waals surface area contributed by atoms with E-state index in [-0.39, 0.29) is 17.4 Å². The predicted octanol–water partition coefficient (Wildman–Crippen LogP) is 4.28. The highest BCUT2D eigenvalue weighted by atomic mass is 79.9. The summed E-state index contributed by atoms with van der Waals surface area (Å²) >= 11 is 3.30. The zero-order valence-electron chi connectivity index (χ0n) is 16.0. The van der Waals surface area contributed by atoms with Gasteiger partial charge >= 0.3 is 0 Å². The van der Waals surface area contributed by atoms with E-state index in [4.69, 9.17) is 9.47 Å². The van der Waals surface area contributed by atoms with Crippen LogP contribution in [0.2, 0.25) is 0 Å². The fourth-order valence-electron chi connectivity index (χ4n) is 2.47. The first-order valence-electron chi connectivity index (χ1n) is 8.81. The minimum atomic E-state index is -3.74. The Morgan fingerprint density at radius 2 is 1.43 bits per heavy atom. The van der Waals surface area contributed by atoms with E-state index in [1.54, 1.807) is 55.6 Å². The van der Waals surface area contributed by atoms with Crippen molar-refractivity contribution in [3.63, 3.8) is 0 Å². The Labute approximate surface area is 183 Å². The summed E-state index contributed by atoms with van der Waals surface area (Å²) in [6.07, 6.45) is 0. The molecule has 3 aromatic rings. The Morgan fingerprint density at radius 1 is 0.867 bits per heavy atom. The van der Waals surface area contributed by atoms with Crippen molar-refractivity contribution in [2.24, 2.45) is 0 Å². The summed E-state index contributed by atoms with van der Waals surface area (Å²) in [7, 11) is -2.17. The molecule has 30 heavy (non-hydrogen) atoms. The van der Waals surface area contributed by atoms with Gasteiger partial charge in [-0.2, -0.15) is 0 Å². The lowest BCUT2D eigenvalue weighted by Gasteiger charge is -2.10. The van der Waals surface area contributed by atoms with Crippen LogP contribution < -0.4 is 19.5 Å². The molecule has 3 aromatic carbocycles. The second-order valence-electron chi connectivity index (χ2n) is 6.15. The van der Waals surface area contributed by atoms with Crippen LogP contribution >= 0.6 is 15.9 Å². The Hall–Kier alpha value is -3.04. The molecular weight excluding hydrogens is 472 g/mol. The van der Waals surface area contributed by atoms with Gasteiger partial charge in [-0.1, -0.05) is 15.9 Å². The number of amides is 1. The molecule has 0 aromatic heterocycles. The van der Waals surface area contributed by atoms with Gasteiger partial charge in [-0.15, -0.1) is 0 Å². The highest BCUT2D eigenvalue weighted by Crippen LogP contribution is 2.20. The number of hydrogen-bond acceptors (Lipinski definition) is 5. The van der Waals surface area contributed by atoms with E-state index in [2.05, 4.69) is 26.0 Å². The van der Waals surface area contributed by atoms with E-state index in [0.717, 1.165) is 4.47 Å². The van der Waals surface area contributed by atoms with Gasteiger partial charge in [0.05, 0.1) is 12.0 Å². The Bertz CT molecular complexity index is 1100. The maximum atomic E-state index is 12.5. The van der Waals surface area contributed by atoms with Crippen molar-refractivity contribution in [1.29, 1.82) is 0 Å². The van der Waals surface area contributed by atoms with E-state index in [0.29, 0.717) is 22.9 Å². The normalized spacial score (nSPS) is 10.9. The van der Waals surface area contributed by atoms with Crippen LogP contribution in [-0.4, -0.2) is 28.0 Å². The second-order valence-corrected chi connectivity index (χ2v) is 8.75. The lowest BCUT2D eigenvalue weighted by molar-refractivity contribution is -0.118. The SMILES string of the molecule is COc1ccc(OCC(=O)Nc2ccc(S(=O)(=O)Nc3ccc(Br)cc3)cc2)cc1. The quantitative estimate of drug-likeness (QED) is 0.491. The predicted molar refractivity (Wildman–Crippen MR) is 119 cm³/mol. The summed E-state index contributed by atoms with van der Waals surface area (Å²) in [5, 5.41) is 2.66. The van der Waals surface area contributed by atoms with Crippen molar-refractivity contribution in [2.75, 3.05) is 23.8 Å². The molecule has 0 aliphatic rings.